The van der Waals surface area contributed by atoms with Crippen molar-refractivity contribution in [1.82, 2.24) is 15.0 Å². The third kappa shape index (κ3) is 3.45. The van der Waals surface area contributed by atoms with Crippen LogP contribution in [-0.4, -0.2) is 22.1 Å². The van der Waals surface area contributed by atoms with Gasteiger partial charge >= 0.3 is 0 Å². The van der Waals surface area contributed by atoms with Gasteiger partial charge in [-0.2, -0.15) is 0 Å². The number of pyridine rings is 1. The van der Waals surface area contributed by atoms with Gasteiger partial charge in [-0.1, -0.05) is 32.0 Å². The first kappa shape index (κ1) is 14.7. The van der Waals surface area contributed by atoms with E-state index >= 15 is 0 Å². The molecule has 2 heterocycles. The summed E-state index contributed by atoms with van der Waals surface area (Å²) in [4.78, 5) is 6.73. The molecule has 0 aromatic carbocycles. The van der Waals surface area contributed by atoms with Crippen LogP contribution in [0.3, 0.4) is 0 Å². The van der Waals surface area contributed by atoms with E-state index in [1.807, 2.05) is 24.4 Å². The predicted molar refractivity (Wildman–Crippen MR) is 79.3 cm³/mol. The van der Waals surface area contributed by atoms with Gasteiger partial charge in [-0.3, -0.25) is 9.88 Å². The molecule has 0 spiro atoms. The van der Waals surface area contributed by atoms with Crippen LogP contribution in [0.1, 0.15) is 56.3 Å². The number of nitrogens with zero attached hydrogens (tertiary/aromatic N) is 3. The number of hydrogen-bond acceptors (Lipinski definition) is 4. The molecule has 0 fully saturated rings. The van der Waals surface area contributed by atoms with Crippen molar-refractivity contribution in [2.45, 2.75) is 45.7 Å². The Kier molecular flexibility index (Phi) is 4.90. The molecular weight excluding hydrogens is 250 g/mol. The molecule has 0 radical (unpaired) electrons. The second kappa shape index (κ2) is 6.66. The Labute approximate surface area is 120 Å². The van der Waals surface area contributed by atoms with Crippen molar-refractivity contribution in [2.75, 3.05) is 7.05 Å². The van der Waals surface area contributed by atoms with Gasteiger partial charge in [0.15, 0.2) is 0 Å². The van der Waals surface area contributed by atoms with Crippen molar-refractivity contribution >= 4 is 0 Å². The van der Waals surface area contributed by atoms with Gasteiger partial charge in [-0.15, -0.1) is 0 Å². The fourth-order valence-electron chi connectivity index (χ4n) is 2.36. The van der Waals surface area contributed by atoms with Crippen molar-refractivity contribution in [3.05, 3.63) is 47.6 Å². The SMILES string of the molecule is CC[C@@H](c1ccccn1)N(C)Cc1cc(C(C)C)on1. The third-order valence-electron chi connectivity index (χ3n) is 3.51. The predicted octanol–water partition coefficient (Wildman–Crippen LogP) is 3.78. The van der Waals surface area contributed by atoms with E-state index in [1.54, 1.807) is 0 Å². The molecule has 108 valence electrons. The highest BCUT2D eigenvalue weighted by atomic mass is 16.5. The lowest BCUT2D eigenvalue weighted by atomic mass is 10.1. The van der Waals surface area contributed by atoms with Crippen LogP contribution in [0.25, 0.3) is 0 Å². The molecule has 0 aliphatic heterocycles. The minimum absolute atomic E-state index is 0.301. The second-order valence-corrected chi connectivity index (χ2v) is 5.47. The standard InChI is InChI=1S/C16H23N3O/c1-5-15(14-8-6-7-9-17-14)19(4)11-13-10-16(12(2)3)20-18-13/h6-10,12,15H,5,11H2,1-4H3/t15-/m0/s1. The van der Waals surface area contributed by atoms with Gasteiger partial charge in [-0.05, 0) is 25.6 Å². The van der Waals surface area contributed by atoms with Crippen LogP contribution in [0, 0.1) is 0 Å². The molecule has 2 aromatic rings. The Morgan fingerprint density at radius 1 is 1.30 bits per heavy atom. The zero-order valence-electron chi connectivity index (χ0n) is 12.7. The molecule has 4 heteroatoms. The van der Waals surface area contributed by atoms with E-state index in [2.05, 4.69) is 48.9 Å². The minimum atomic E-state index is 0.301. The normalized spacial score (nSPS) is 13.1. The molecule has 0 saturated heterocycles. The largest absolute Gasteiger partial charge is 0.361 e. The van der Waals surface area contributed by atoms with E-state index in [1.165, 1.54) is 0 Å². The van der Waals surface area contributed by atoms with Crippen LogP contribution < -0.4 is 0 Å². The molecule has 0 saturated carbocycles. The molecule has 2 aromatic heterocycles. The summed E-state index contributed by atoms with van der Waals surface area (Å²) in [6.07, 6.45) is 2.86. The number of rotatable bonds is 6. The van der Waals surface area contributed by atoms with E-state index in [0.717, 1.165) is 30.1 Å². The molecule has 0 unspecified atom stereocenters. The highest BCUT2D eigenvalue weighted by molar-refractivity contribution is 5.11. The van der Waals surface area contributed by atoms with Crippen LogP contribution in [-0.2, 0) is 6.54 Å². The summed E-state index contributed by atoms with van der Waals surface area (Å²) < 4.78 is 5.35. The summed E-state index contributed by atoms with van der Waals surface area (Å²) in [5, 5.41) is 4.15. The molecule has 0 N–H and O–H groups in total. The first-order valence-corrected chi connectivity index (χ1v) is 7.18. The van der Waals surface area contributed by atoms with E-state index in [4.69, 9.17) is 4.52 Å². The summed E-state index contributed by atoms with van der Waals surface area (Å²) in [5.41, 5.74) is 2.08. The molecule has 2 rings (SSSR count). The highest BCUT2D eigenvalue weighted by Gasteiger charge is 2.18. The van der Waals surface area contributed by atoms with Gasteiger partial charge in [0.1, 0.15) is 5.76 Å². The maximum atomic E-state index is 5.35. The summed E-state index contributed by atoms with van der Waals surface area (Å²) in [6.45, 7) is 7.16. The lowest BCUT2D eigenvalue weighted by Gasteiger charge is -2.25. The van der Waals surface area contributed by atoms with E-state index in [0.29, 0.717) is 12.0 Å². The Balaban J connectivity index is 2.07. The zero-order chi connectivity index (χ0) is 14.5. The van der Waals surface area contributed by atoms with Gasteiger partial charge in [0, 0.05) is 24.7 Å². The smallest absolute Gasteiger partial charge is 0.139 e. The lowest BCUT2D eigenvalue weighted by molar-refractivity contribution is 0.219. The Hall–Kier alpha value is -1.68. The summed E-state index contributed by atoms with van der Waals surface area (Å²) in [7, 11) is 2.10. The average molecular weight is 273 g/mol. The molecule has 0 aliphatic rings. The lowest BCUT2D eigenvalue weighted by Crippen LogP contribution is -2.24. The first-order chi connectivity index (χ1) is 9.61. The van der Waals surface area contributed by atoms with E-state index in [9.17, 15) is 0 Å². The zero-order valence-corrected chi connectivity index (χ0v) is 12.7. The highest BCUT2D eigenvalue weighted by Crippen LogP contribution is 2.23. The maximum absolute atomic E-state index is 5.35. The number of hydrogen-bond donors (Lipinski definition) is 0. The summed E-state index contributed by atoms with van der Waals surface area (Å²) in [5.74, 6) is 1.32. The van der Waals surface area contributed by atoms with E-state index < -0.39 is 0 Å². The molecule has 0 amide bonds. The Morgan fingerprint density at radius 2 is 2.10 bits per heavy atom. The van der Waals surface area contributed by atoms with Crippen molar-refractivity contribution < 1.29 is 4.52 Å². The Morgan fingerprint density at radius 3 is 2.65 bits per heavy atom. The van der Waals surface area contributed by atoms with Crippen molar-refractivity contribution in [2.24, 2.45) is 0 Å². The van der Waals surface area contributed by atoms with Gasteiger partial charge in [0.2, 0.25) is 0 Å². The number of aromatic nitrogens is 2. The van der Waals surface area contributed by atoms with Crippen molar-refractivity contribution in [3.63, 3.8) is 0 Å². The molecule has 0 bridgehead atoms. The van der Waals surface area contributed by atoms with Crippen molar-refractivity contribution in [3.8, 4) is 0 Å². The van der Waals surface area contributed by atoms with Gasteiger partial charge in [0.25, 0.3) is 0 Å². The third-order valence-corrected chi connectivity index (χ3v) is 3.51. The van der Waals surface area contributed by atoms with Crippen LogP contribution >= 0.6 is 0 Å². The van der Waals surface area contributed by atoms with E-state index in [-0.39, 0.29) is 0 Å². The van der Waals surface area contributed by atoms with Gasteiger partial charge in [0.05, 0.1) is 17.4 Å². The minimum Gasteiger partial charge on any atom is -0.361 e. The maximum Gasteiger partial charge on any atom is 0.139 e. The van der Waals surface area contributed by atoms with Crippen LogP contribution in [0.4, 0.5) is 0 Å². The average Bonchev–Trinajstić information content (AvgIpc) is 2.89. The fraction of sp³-hybridized carbons (Fsp3) is 0.500. The summed E-state index contributed by atoms with van der Waals surface area (Å²) >= 11 is 0. The summed E-state index contributed by atoms with van der Waals surface area (Å²) in [6, 6.07) is 8.41. The van der Waals surface area contributed by atoms with Gasteiger partial charge in [-0.25, -0.2) is 0 Å². The van der Waals surface area contributed by atoms with Crippen LogP contribution in [0.2, 0.25) is 0 Å². The molecule has 0 aliphatic carbocycles. The fourth-order valence-corrected chi connectivity index (χ4v) is 2.36. The van der Waals surface area contributed by atoms with Crippen LogP contribution in [0.5, 0.6) is 0 Å². The second-order valence-electron chi connectivity index (χ2n) is 5.47. The molecule has 1 atom stereocenters. The van der Waals surface area contributed by atoms with Gasteiger partial charge < -0.3 is 4.52 Å². The Bertz CT molecular complexity index is 522. The monoisotopic (exact) mass is 273 g/mol. The molecule has 20 heavy (non-hydrogen) atoms. The van der Waals surface area contributed by atoms with Crippen molar-refractivity contribution in [1.29, 1.82) is 0 Å². The molecule has 4 nitrogen and oxygen atoms in total. The molecular formula is C16H23N3O. The quantitative estimate of drug-likeness (QED) is 0.803. The first-order valence-electron chi connectivity index (χ1n) is 7.18. The van der Waals surface area contributed by atoms with Crippen LogP contribution in [0.15, 0.2) is 35.0 Å². The topological polar surface area (TPSA) is 42.2 Å².